The van der Waals surface area contributed by atoms with Crippen LogP contribution in [0.4, 0.5) is 5.69 Å². The van der Waals surface area contributed by atoms with E-state index in [1.54, 1.807) is 7.11 Å². The molecule has 0 bridgehead atoms. The second-order valence-corrected chi connectivity index (χ2v) is 6.35. The SMILES string of the molecule is CCCNC(=O)c1coc(CN2CCN(c3cccc(OC)c3)CC2)n1. The van der Waals surface area contributed by atoms with Crippen LogP contribution in [0.3, 0.4) is 0 Å². The number of benzene rings is 1. The van der Waals surface area contributed by atoms with Crippen LogP contribution in [0.5, 0.6) is 5.75 Å². The van der Waals surface area contributed by atoms with Gasteiger partial charge in [-0.25, -0.2) is 4.98 Å². The Morgan fingerprint density at radius 2 is 2.12 bits per heavy atom. The molecule has 0 atom stereocenters. The van der Waals surface area contributed by atoms with Gasteiger partial charge in [0, 0.05) is 44.5 Å². The molecule has 0 unspecified atom stereocenters. The number of anilines is 1. The number of nitrogens with zero attached hydrogens (tertiary/aromatic N) is 3. The first-order valence-electron chi connectivity index (χ1n) is 9.03. The van der Waals surface area contributed by atoms with Crippen LogP contribution in [-0.2, 0) is 6.54 Å². The monoisotopic (exact) mass is 358 g/mol. The van der Waals surface area contributed by atoms with Gasteiger partial charge in [-0.1, -0.05) is 13.0 Å². The number of carbonyl (C=O) groups is 1. The molecule has 1 aromatic carbocycles. The fraction of sp³-hybridized carbons (Fsp3) is 0.474. The van der Waals surface area contributed by atoms with Crippen LogP contribution in [0.2, 0.25) is 0 Å². The van der Waals surface area contributed by atoms with Crippen molar-refractivity contribution in [3.8, 4) is 5.75 Å². The van der Waals surface area contributed by atoms with Gasteiger partial charge in [0.15, 0.2) is 5.69 Å². The van der Waals surface area contributed by atoms with Gasteiger partial charge in [-0.2, -0.15) is 0 Å². The Morgan fingerprint density at radius 3 is 2.85 bits per heavy atom. The van der Waals surface area contributed by atoms with Gasteiger partial charge in [0.2, 0.25) is 5.89 Å². The number of hydrogen-bond donors (Lipinski definition) is 1. The van der Waals surface area contributed by atoms with Crippen LogP contribution in [0, 0.1) is 0 Å². The molecule has 0 saturated carbocycles. The predicted molar refractivity (Wildman–Crippen MR) is 99.6 cm³/mol. The summed E-state index contributed by atoms with van der Waals surface area (Å²) in [5.41, 5.74) is 1.53. The molecular formula is C19H26N4O3. The molecule has 140 valence electrons. The van der Waals surface area contributed by atoms with Crippen molar-refractivity contribution in [2.45, 2.75) is 19.9 Å². The molecule has 1 fully saturated rings. The highest BCUT2D eigenvalue weighted by Gasteiger charge is 2.20. The quantitative estimate of drug-likeness (QED) is 0.818. The Hall–Kier alpha value is -2.54. The lowest BCUT2D eigenvalue weighted by Crippen LogP contribution is -2.46. The predicted octanol–water partition coefficient (Wildman–Crippen LogP) is 2.15. The zero-order valence-corrected chi connectivity index (χ0v) is 15.4. The van der Waals surface area contributed by atoms with Gasteiger partial charge < -0.3 is 19.4 Å². The molecule has 7 nitrogen and oxygen atoms in total. The average molecular weight is 358 g/mol. The molecule has 1 amide bonds. The summed E-state index contributed by atoms with van der Waals surface area (Å²) >= 11 is 0. The highest BCUT2D eigenvalue weighted by molar-refractivity contribution is 5.91. The second-order valence-electron chi connectivity index (χ2n) is 6.35. The number of ether oxygens (including phenoxy) is 1. The lowest BCUT2D eigenvalue weighted by molar-refractivity contribution is 0.0948. The summed E-state index contributed by atoms with van der Waals surface area (Å²) < 4.78 is 10.8. The van der Waals surface area contributed by atoms with E-state index in [-0.39, 0.29) is 5.91 Å². The lowest BCUT2D eigenvalue weighted by Gasteiger charge is -2.35. The fourth-order valence-corrected chi connectivity index (χ4v) is 2.98. The number of oxazole rings is 1. The van der Waals surface area contributed by atoms with E-state index in [9.17, 15) is 4.79 Å². The smallest absolute Gasteiger partial charge is 0.273 e. The van der Waals surface area contributed by atoms with Crippen molar-refractivity contribution < 1.29 is 13.9 Å². The molecule has 7 heteroatoms. The van der Waals surface area contributed by atoms with E-state index in [0.29, 0.717) is 24.7 Å². The first-order valence-corrected chi connectivity index (χ1v) is 9.03. The first-order chi connectivity index (χ1) is 12.7. The van der Waals surface area contributed by atoms with Gasteiger partial charge >= 0.3 is 0 Å². The lowest BCUT2D eigenvalue weighted by atomic mass is 10.2. The first kappa shape index (κ1) is 18.3. The Morgan fingerprint density at radius 1 is 1.31 bits per heavy atom. The van der Waals surface area contributed by atoms with E-state index in [1.165, 1.54) is 12.0 Å². The minimum Gasteiger partial charge on any atom is -0.497 e. The zero-order valence-electron chi connectivity index (χ0n) is 15.4. The molecule has 3 rings (SSSR count). The van der Waals surface area contributed by atoms with Crippen molar-refractivity contribution in [1.82, 2.24) is 15.2 Å². The van der Waals surface area contributed by atoms with Crippen LogP contribution in [-0.4, -0.2) is 55.6 Å². The van der Waals surface area contributed by atoms with Crippen LogP contribution in [0.25, 0.3) is 0 Å². The van der Waals surface area contributed by atoms with E-state index in [1.807, 2.05) is 19.1 Å². The van der Waals surface area contributed by atoms with E-state index in [0.717, 1.165) is 38.3 Å². The van der Waals surface area contributed by atoms with Gasteiger partial charge in [-0.15, -0.1) is 0 Å². The number of rotatable bonds is 7. The molecule has 0 radical (unpaired) electrons. The maximum absolute atomic E-state index is 11.9. The maximum Gasteiger partial charge on any atom is 0.273 e. The largest absolute Gasteiger partial charge is 0.497 e. The topological polar surface area (TPSA) is 70.8 Å². The summed E-state index contributed by atoms with van der Waals surface area (Å²) in [6, 6.07) is 8.13. The van der Waals surface area contributed by atoms with E-state index in [4.69, 9.17) is 9.15 Å². The Kier molecular flexibility index (Phi) is 6.12. The number of carbonyl (C=O) groups excluding carboxylic acids is 1. The summed E-state index contributed by atoms with van der Waals surface area (Å²) in [4.78, 5) is 20.8. The molecule has 1 saturated heterocycles. The van der Waals surface area contributed by atoms with Gasteiger partial charge in [0.05, 0.1) is 13.7 Å². The summed E-state index contributed by atoms with van der Waals surface area (Å²) in [6.07, 6.45) is 2.33. The van der Waals surface area contributed by atoms with Gasteiger partial charge in [0.1, 0.15) is 12.0 Å². The molecule has 0 aliphatic carbocycles. The van der Waals surface area contributed by atoms with Crippen molar-refractivity contribution in [2.24, 2.45) is 0 Å². The molecule has 26 heavy (non-hydrogen) atoms. The Balaban J connectivity index is 1.51. The summed E-state index contributed by atoms with van der Waals surface area (Å²) in [5.74, 6) is 1.28. The van der Waals surface area contributed by atoms with Gasteiger partial charge in [0.25, 0.3) is 5.91 Å². The van der Waals surface area contributed by atoms with Crippen LogP contribution in [0.1, 0.15) is 29.7 Å². The Labute approximate surface area is 153 Å². The van der Waals surface area contributed by atoms with Crippen LogP contribution >= 0.6 is 0 Å². The van der Waals surface area contributed by atoms with Crippen molar-refractivity contribution in [3.63, 3.8) is 0 Å². The maximum atomic E-state index is 11.9. The van der Waals surface area contributed by atoms with E-state index < -0.39 is 0 Å². The summed E-state index contributed by atoms with van der Waals surface area (Å²) in [7, 11) is 1.68. The van der Waals surface area contributed by atoms with Crippen molar-refractivity contribution in [1.29, 1.82) is 0 Å². The number of aromatic nitrogens is 1. The number of hydrogen-bond acceptors (Lipinski definition) is 6. The van der Waals surface area contributed by atoms with Crippen molar-refractivity contribution in [3.05, 3.63) is 42.1 Å². The van der Waals surface area contributed by atoms with Crippen molar-refractivity contribution in [2.75, 3.05) is 44.7 Å². The summed E-state index contributed by atoms with van der Waals surface area (Å²) in [5, 5.41) is 2.81. The van der Waals surface area contributed by atoms with Crippen LogP contribution < -0.4 is 15.0 Å². The van der Waals surface area contributed by atoms with Crippen molar-refractivity contribution >= 4 is 11.6 Å². The molecule has 1 N–H and O–H groups in total. The number of methoxy groups -OCH3 is 1. The van der Waals surface area contributed by atoms with E-state index >= 15 is 0 Å². The number of amides is 1. The molecule has 1 aromatic heterocycles. The molecule has 1 aliphatic rings. The fourth-order valence-electron chi connectivity index (χ4n) is 2.98. The van der Waals surface area contributed by atoms with E-state index in [2.05, 4.69) is 32.2 Å². The third-order valence-corrected chi connectivity index (χ3v) is 4.47. The second kappa shape index (κ2) is 8.71. The third-order valence-electron chi connectivity index (χ3n) is 4.47. The van der Waals surface area contributed by atoms with Gasteiger partial charge in [-0.05, 0) is 18.6 Å². The molecule has 0 spiro atoms. The molecule has 1 aliphatic heterocycles. The highest BCUT2D eigenvalue weighted by atomic mass is 16.5. The van der Waals surface area contributed by atoms with Crippen LogP contribution in [0.15, 0.2) is 34.9 Å². The normalized spacial score (nSPS) is 15.1. The highest BCUT2D eigenvalue weighted by Crippen LogP contribution is 2.22. The number of nitrogens with one attached hydrogen (secondary N) is 1. The third kappa shape index (κ3) is 4.54. The standard InChI is InChI=1S/C19H26N4O3/c1-3-7-20-19(24)17-14-26-18(21-17)13-22-8-10-23(11-9-22)15-5-4-6-16(12-15)25-2/h4-6,12,14H,3,7-11,13H2,1-2H3,(H,20,24). The molecule has 2 heterocycles. The average Bonchev–Trinajstić information content (AvgIpc) is 3.15. The number of piperazine rings is 1. The molecular weight excluding hydrogens is 332 g/mol. The zero-order chi connectivity index (χ0) is 18.4. The minimum atomic E-state index is -0.176. The minimum absolute atomic E-state index is 0.176. The molecule has 2 aromatic rings. The van der Waals surface area contributed by atoms with Gasteiger partial charge in [-0.3, -0.25) is 9.69 Å². The Bertz CT molecular complexity index is 723. The summed E-state index contributed by atoms with van der Waals surface area (Å²) in [6.45, 7) is 6.96.